The Morgan fingerprint density at radius 3 is 2.69 bits per heavy atom. The number of Topliss-reactive ketones (excluding diaryl/α,β-unsaturated/α-hetero) is 1. The zero-order valence-electron chi connectivity index (χ0n) is 6.92. The first kappa shape index (κ1) is 11.5. The molecule has 1 rings (SSSR count). The van der Waals surface area contributed by atoms with Gasteiger partial charge in [0.25, 0.3) is 0 Å². The molecule has 0 aliphatic heterocycles. The zero-order chi connectivity index (χ0) is 10.0. The van der Waals surface area contributed by atoms with Gasteiger partial charge in [-0.1, -0.05) is 22.0 Å². The molecule has 70 valence electrons. The van der Waals surface area contributed by atoms with E-state index in [1.807, 2.05) is 18.2 Å². The maximum absolute atomic E-state index is 11.1. The number of carbonyl (C=O) groups excluding carboxylic acids is 1. The molecule has 1 atom stereocenters. The fraction of sp³-hybridized carbons (Fsp3) is 0.222. The van der Waals surface area contributed by atoms with Gasteiger partial charge in [0.2, 0.25) is 0 Å². The van der Waals surface area contributed by atoms with E-state index in [2.05, 4.69) is 51.1 Å². The molecule has 0 N–H and O–H groups in total. The molecule has 0 saturated carbocycles. The van der Waals surface area contributed by atoms with Crippen molar-refractivity contribution < 1.29 is 4.79 Å². The molecule has 13 heavy (non-hydrogen) atoms. The van der Waals surface area contributed by atoms with Gasteiger partial charge in [0.1, 0.15) is 5.78 Å². The van der Waals surface area contributed by atoms with Crippen LogP contribution in [-0.4, -0.2) is 5.78 Å². The molecule has 0 saturated heterocycles. The first-order valence-corrected chi connectivity index (χ1v) is 6.09. The molecule has 0 fully saturated rings. The smallest absolute Gasteiger partial charge is 0.147 e. The lowest BCUT2D eigenvalue weighted by molar-refractivity contribution is -0.116. The van der Waals surface area contributed by atoms with Crippen LogP contribution in [0.4, 0.5) is 0 Å². The highest BCUT2D eigenvalue weighted by Crippen LogP contribution is 2.27. The van der Waals surface area contributed by atoms with Crippen molar-refractivity contribution in [3.63, 3.8) is 0 Å². The Bertz CT molecular complexity index is 340. The number of benzene rings is 1. The second-order valence-corrected chi connectivity index (χ2v) is 5.24. The molecule has 0 bridgehead atoms. The largest absolute Gasteiger partial charge is 0.298 e. The van der Waals surface area contributed by atoms with Crippen LogP contribution in [0.5, 0.6) is 0 Å². The highest BCUT2D eigenvalue weighted by atomic mass is 127. The second kappa shape index (κ2) is 4.79. The zero-order valence-corrected chi connectivity index (χ0v) is 11.6. The Labute approximate surface area is 105 Å². The number of rotatable bonds is 2. The molecule has 1 aromatic carbocycles. The van der Waals surface area contributed by atoms with E-state index in [1.54, 1.807) is 6.92 Å². The highest BCUT2D eigenvalue weighted by Gasteiger charge is 2.12. The average molecular weight is 371 g/mol. The van der Waals surface area contributed by atoms with Crippen molar-refractivity contribution in [2.24, 2.45) is 0 Å². The minimum absolute atomic E-state index is 0.114. The molecule has 0 spiro atoms. The van der Waals surface area contributed by atoms with Crippen LogP contribution in [-0.2, 0) is 4.79 Å². The average Bonchev–Trinajstić information content (AvgIpc) is 2.08. The molecule has 1 aromatic rings. The van der Waals surface area contributed by atoms with Gasteiger partial charge in [0, 0.05) is 8.47 Å². The van der Waals surface area contributed by atoms with E-state index in [4.69, 9.17) is 0 Å². The van der Waals surface area contributed by atoms with Crippen molar-refractivity contribution in [2.75, 3.05) is 0 Å². The number of hydrogen-bond acceptors (Lipinski definition) is 2. The lowest BCUT2D eigenvalue weighted by Crippen LogP contribution is -2.01. The summed E-state index contributed by atoms with van der Waals surface area (Å²) in [5.41, 5.74) is 0.981. The van der Waals surface area contributed by atoms with Gasteiger partial charge in [0.05, 0.1) is 4.83 Å². The molecule has 1 nitrogen and oxygen atoms in total. The quantitative estimate of drug-likeness (QED) is 0.478. The van der Waals surface area contributed by atoms with Crippen LogP contribution in [0.3, 0.4) is 0 Å². The van der Waals surface area contributed by atoms with Crippen molar-refractivity contribution in [2.45, 2.75) is 16.6 Å². The number of carbonyl (C=O) groups is 1. The van der Waals surface area contributed by atoms with Gasteiger partial charge < -0.3 is 0 Å². The van der Waals surface area contributed by atoms with E-state index in [0.717, 1.165) is 14.0 Å². The topological polar surface area (TPSA) is 17.1 Å². The summed E-state index contributed by atoms with van der Waals surface area (Å²) in [6, 6.07) is 5.77. The van der Waals surface area contributed by atoms with E-state index in [1.165, 1.54) is 0 Å². The van der Waals surface area contributed by atoms with Crippen LogP contribution >= 0.6 is 51.1 Å². The minimum atomic E-state index is -0.199. The minimum Gasteiger partial charge on any atom is -0.298 e. The Balaban J connectivity index is 3.03. The normalized spacial score (nSPS) is 12.6. The summed E-state index contributed by atoms with van der Waals surface area (Å²) in [6.07, 6.45) is 0. The molecule has 4 heteroatoms. The summed E-state index contributed by atoms with van der Waals surface area (Å²) < 4.78 is 1.06. The third-order valence-electron chi connectivity index (χ3n) is 1.62. The first-order chi connectivity index (χ1) is 6.02. The standard InChI is InChI=1S/C9H8BrIOS/c1-5(12)9(10)6-2-3-8(13)7(11)4-6/h2-4,9,13H,1H3. The van der Waals surface area contributed by atoms with Crippen LogP contribution < -0.4 is 0 Å². The fourth-order valence-corrected chi connectivity index (χ4v) is 1.88. The second-order valence-electron chi connectivity index (χ2n) is 2.68. The highest BCUT2D eigenvalue weighted by molar-refractivity contribution is 14.1. The maximum atomic E-state index is 11.1. The monoisotopic (exact) mass is 370 g/mol. The van der Waals surface area contributed by atoms with Crippen molar-refractivity contribution in [1.29, 1.82) is 0 Å². The molecular formula is C9H8BrIOS. The molecular weight excluding hydrogens is 363 g/mol. The summed E-state index contributed by atoms with van der Waals surface area (Å²) in [6.45, 7) is 1.57. The van der Waals surface area contributed by atoms with Gasteiger partial charge in [-0.15, -0.1) is 12.6 Å². The molecule has 0 aliphatic rings. The Morgan fingerprint density at radius 2 is 2.23 bits per heavy atom. The number of alkyl halides is 1. The number of thiol groups is 1. The van der Waals surface area contributed by atoms with E-state index >= 15 is 0 Å². The van der Waals surface area contributed by atoms with Gasteiger partial charge in [0.15, 0.2) is 0 Å². The van der Waals surface area contributed by atoms with Crippen LogP contribution in [0.25, 0.3) is 0 Å². The van der Waals surface area contributed by atoms with Gasteiger partial charge >= 0.3 is 0 Å². The van der Waals surface area contributed by atoms with E-state index in [-0.39, 0.29) is 10.6 Å². The number of ketones is 1. The van der Waals surface area contributed by atoms with Crippen LogP contribution in [0.2, 0.25) is 0 Å². The Kier molecular flexibility index (Phi) is 4.25. The molecule has 0 heterocycles. The number of halogens is 2. The van der Waals surface area contributed by atoms with Gasteiger partial charge in [-0.3, -0.25) is 4.79 Å². The molecule has 0 amide bonds. The molecule has 0 aromatic heterocycles. The number of hydrogen-bond donors (Lipinski definition) is 1. The fourth-order valence-electron chi connectivity index (χ4n) is 0.916. The van der Waals surface area contributed by atoms with E-state index in [0.29, 0.717) is 0 Å². The summed E-state index contributed by atoms with van der Waals surface area (Å²) >= 11 is 9.79. The molecule has 0 aliphatic carbocycles. The van der Waals surface area contributed by atoms with Gasteiger partial charge in [-0.2, -0.15) is 0 Å². The lowest BCUT2D eigenvalue weighted by atomic mass is 10.1. The lowest BCUT2D eigenvalue weighted by Gasteiger charge is -2.07. The van der Waals surface area contributed by atoms with Crippen LogP contribution in [0.15, 0.2) is 23.1 Å². The van der Waals surface area contributed by atoms with Gasteiger partial charge in [-0.05, 0) is 47.2 Å². The third kappa shape index (κ3) is 2.95. The Morgan fingerprint density at radius 1 is 1.62 bits per heavy atom. The molecule has 1 unspecified atom stereocenters. The summed E-state index contributed by atoms with van der Waals surface area (Å²) in [5, 5.41) is 0. The van der Waals surface area contributed by atoms with Crippen LogP contribution in [0.1, 0.15) is 17.3 Å². The summed E-state index contributed by atoms with van der Waals surface area (Å²) in [4.78, 5) is 11.8. The van der Waals surface area contributed by atoms with Crippen molar-refractivity contribution >= 4 is 56.9 Å². The van der Waals surface area contributed by atoms with Crippen LogP contribution in [0, 0.1) is 3.57 Å². The SMILES string of the molecule is CC(=O)C(Br)c1ccc(S)c(I)c1. The first-order valence-electron chi connectivity index (χ1n) is 3.65. The predicted octanol–water partition coefficient (Wildman–Crippen LogP) is 3.60. The molecule has 0 radical (unpaired) electrons. The van der Waals surface area contributed by atoms with Crippen molar-refractivity contribution in [3.05, 3.63) is 27.3 Å². The predicted molar refractivity (Wildman–Crippen MR) is 68.8 cm³/mol. The summed E-state index contributed by atoms with van der Waals surface area (Å²) in [5.74, 6) is 0.114. The Hall–Kier alpha value is 0.450. The van der Waals surface area contributed by atoms with Crippen molar-refractivity contribution in [3.8, 4) is 0 Å². The maximum Gasteiger partial charge on any atom is 0.147 e. The van der Waals surface area contributed by atoms with E-state index < -0.39 is 0 Å². The summed E-state index contributed by atoms with van der Waals surface area (Å²) in [7, 11) is 0. The van der Waals surface area contributed by atoms with Gasteiger partial charge in [-0.25, -0.2) is 0 Å². The third-order valence-corrected chi connectivity index (χ3v) is 4.50. The van der Waals surface area contributed by atoms with E-state index in [9.17, 15) is 4.79 Å². The van der Waals surface area contributed by atoms with Crippen molar-refractivity contribution in [1.82, 2.24) is 0 Å².